The molecule has 8 heteroatoms. The average molecular weight is 514 g/mol. The van der Waals surface area contributed by atoms with Gasteiger partial charge in [0.05, 0.1) is 43.4 Å². The number of amides is 1. The standard InChI is InChI=1S/C24H24BrN3O3S/c1-2-31-21-15-18(25)14-17(23(21)29)16-26-19-5-7-20(8-6-19)27-9-11-28(12-10-27)24(30)22-4-3-13-32-22/h3-8,13-16,29H,2,9-12H2,1H3. The molecule has 0 atom stereocenters. The highest BCUT2D eigenvalue weighted by molar-refractivity contribution is 9.10. The molecule has 166 valence electrons. The van der Waals surface area contributed by atoms with Gasteiger partial charge in [0, 0.05) is 22.8 Å². The van der Waals surface area contributed by atoms with Crippen molar-refractivity contribution in [2.24, 2.45) is 4.99 Å². The molecule has 0 unspecified atom stereocenters. The molecule has 6 nitrogen and oxygen atoms in total. The Kier molecular flexibility index (Phi) is 7.24. The van der Waals surface area contributed by atoms with E-state index in [1.165, 1.54) is 21.9 Å². The lowest BCUT2D eigenvalue weighted by molar-refractivity contribution is -0.837. The number of rotatable bonds is 6. The fourth-order valence-electron chi connectivity index (χ4n) is 3.70. The molecule has 1 aliphatic rings. The minimum Gasteiger partial charge on any atom is -0.870 e. The average Bonchev–Trinajstić information content (AvgIpc) is 3.35. The van der Waals surface area contributed by atoms with Gasteiger partial charge in [-0.2, -0.15) is 0 Å². The predicted molar refractivity (Wildman–Crippen MR) is 129 cm³/mol. The van der Waals surface area contributed by atoms with Gasteiger partial charge in [-0.3, -0.25) is 14.7 Å². The second-order valence-electron chi connectivity index (χ2n) is 7.43. The van der Waals surface area contributed by atoms with Gasteiger partial charge in [-0.25, -0.2) is 0 Å². The largest absolute Gasteiger partial charge is 0.870 e. The van der Waals surface area contributed by atoms with Gasteiger partial charge in [0.15, 0.2) is 0 Å². The van der Waals surface area contributed by atoms with Gasteiger partial charge in [0.25, 0.3) is 5.91 Å². The van der Waals surface area contributed by atoms with Crippen LogP contribution in [0.1, 0.15) is 22.2 Å². The normalized spacial score (nSPS) is 14.8. The zero-order valence-electron chi connectivity index (χ0n) is 17.7. The topological polar surface area (TPSA) is 69.4 Å². The molecule has 1 fully saturated rings. The summed E-state index contributed by atoms with van der Waals surface area (Å²) in [7, 11) is 0. The Balaban J connectivity index is 1.38. The number of nitrogens with zero attached hydrogens (tertiary/aromatic N) is 2. The van der Waals surface area contributed by atoms with Gasteiger partial charge in [-0.05, 0) is 48.2 Å². The van der Waals surface area contributed by atoms with Gasteiger partial charge >= 0.3 is 0 Å². The van der Waals surface area contributed by atoms with E-state index in [0.717, 1.165) is 41.2 Å². The van der Waals surface area contributed by atoms with Gasteiger partial charge in [-0.15, -0.1) is 11.3 Å². The van der Waals surface area contributed by atoms with E-state index in [1.54, 1.807) is 18.3 Å². The Morgan fingerprint density at radius 1 is 1.25 bits per heavy atom. The number of hydrogen-bond acceptors (Lipinski definition) is 5. The number of thiophene rings is 1. The summed E-state index contributed by atoms with van der Waals surface area (Å²) in [6.45, 7) is 5.50. The summed E-state index contributed by atoms with van der Waals surface area (Å²) in [4.78, 5) is 21.1. The SMILES string of the molecule is CCOc1cc(Br)cc(C=Nc2ccc([NH+]3CCN(C(=O)c4cccs4)CC3)cc2)c1[O-]. The van der Waals surface area contributed by atoms with Crippen LogP contribution in [0.5, 0.6) is 11.5 Å². The maximum Gasteiger partial charge on any atom is 0.264 e. The number of aliphatic imine (C=N–C) groups is 1. The molecule has 4 rings (SSSR count). The lowest BCUT2D eigenvalue weighted by Gasteiger charge is -2.31. The van der Waals surface area contributed by atoms with Crippen molar-refractivity contribution >= 4 is 50.8 Å². The molecule has 32 heavy (non-hydrogen) atoms. The molecule has 1 amide bonds. The van der Waals surface area contributed by atoms with Gasteiger partial charge in [0.2, 0.25) is 0 Å². The van der Waals surface area contributed by atoms with E-state index in [2.05, 4.69) is 33.1 Å². The monoisotopic (exact) mass is 513 g/mol. The summed E-state index contributed by atoms with van der Waals surface area (Å²) in [6, 6.07) is 15.2. The van der Waals surface area contributed by atoms with Crippen LogP contribution in [-0.4, -0.2) is 49.8 Å². The van der Waals surface area contributed by atoms with E-state index in [4.69, 9.17) is 4.74 Å². The van der Waals surface area contributed by atoms with E-state index >= 15 is 0 Å². The Bertz CT molecular complexity index is 1090. The molecule has 1 N–H and O–H groups in total. The zero-order valence-corrected chi connectivity index (χ0v) is 20.1. The highest BCUT2D eigenvalue weighted by atomic mass is 79.9. The molecule has 0 aliphatic carbocycles. The van der Waals surface area contributed by atoms with Gasteiger partial charge < -0.3 is 14.7 Å². The number of benzene rings is 2. The Morgan fingerprint density at radius 2 is 2.00 bits per heavy atom. The van der Waals surface area contributed by atoms with Crippen LogP contribution < -0.4 is 14.7 Å². The predicted octanol–water partition coefficient (Wildman–Crippen LogP) is 3.41. The molecule has 0 saturated carbocycles. The van der Waals surface area contributed by atoms with Crippen LogP contribution in [0.3, 0.4) is 0 Å². The summed E-state index contributed by atoms with van der Waals surface area (Å²) in [5.74, 6) is 0.273. The smallest absolute Gasteiger partial charge is 0.264 e. The number of ether oxygens (including phenoxy) is 1. The second kappa shape index (κ2) is 10.3. The molecule has 0 bridgehead atoms. The Morgan fingerprint density at radius 3 is 2.66 bits per heavy atom. The maximum absolute atomic E-state index is 12.5. The fourth-order valence-corrected chi connectivity index (χ4v) is 4.84. The summed E-state index contributed by atoms with van der Waals surface area (Å²) in [5.41, 5.74) is 2.43. The quantitative estimate of drug-likeness (QED) is 0.513. The highest BCUT2D eigenvalue weighted by Gasteiger charge is 2.26. The van der Waals surface area contributed by atoms with Crippen LogP contribution in [0.2, 0.25) is 0 Å². The third-order valence-electron chi connectivity index (χ3n) is 5.36. The Labute approximate surface area is 199 Å². The molecule has 0 spiro atoms. The van der Waals surface area contributed by atoms with E-state index in [-0.39, 0.29) is 11.7 Å². The lowest BCUT2D eigenvalue weighted by Crippen LogP contribution is -3.10. The summed E-state index contributed by atoms with van der Waals surface area (Å²) in [6.07, 6.45) is 1.58. The summed E-state index contributed by atoms with van der Waals surface area (Å²) in [5, 5.41) is 14.4. The van der Waals surface area contributed by atoms with Crippen LogP contribution in [0.4, 0.5) is 11.4 Å². The third kappa shape index (κ3) is 5.20. The van der Waals surface area contributed by atoms with Gasteiger partial charge in [0.1, 0.15) is 11.4 Å². The molecular formula is C24H24BrN3O3S. The van der Waals surface area contributed by atoms with Crippen LogP contribution in [-0.2, 0) is 0 Å². The van der Waals surface area contributed by atoms with Crippen molar-refractivity contribution in [1.82, 2.24) is 4.90 Å². The molecule has 1 saturated heterocycles. The Hall–Kier alpha value is -2.68. The van der Waals surface area contributed by atoms with Crippen molar-refractivity contribution in [2.45, 2.75) is 6.92 Å². The molecule has 3 aromatic rings. The van der Waals surface area contributed by atoms with Crippen LogP contribution >= 0.6 is 27.3 Å². The molecule has 0 radical (unpaired) electrons. The summed E-state index contributed by atoms with van der Waals surface area (Å²) < 4.78 is 6.18. The zero-order chi connectivity index (χ0) is 22.5. The van der Waals surface area contributed by atoms with Crippen molar-refractivity contribution in [3.8, 4) is 11.5 Å². The third-order valence-corrected chi connectivity index (χ3v) is 6.68. The number of nitrogens with one attached hydrogen (secondary N) is 1. The number of quaternary nitrogens is 1. The number of piperazine rings is 1. The van der Waals surface area contributed by atoms with Crippen molar-refractivity contribution < 1.29 is 19.5 Å². The molecule has 2 heterocycles. The van der Waals surface area contributed by atoms with Crippen molar-refractivity contribution in [3.05, 3.63) is 68.8 Å². The molecule has 1 aliphatic heterocycles. The highest BCUT2D eigenvalue weighted by Crippen LogP contribution is 2.31. The minimum absolute atomic E-state index is 0.126. The van der Waals surface area contributed by atoms with Crippen LogP contribution in [0, 0.1) is 0 Å². The minimum atomic E-state index is -0.171. The first-order valence-corrected chi connectivity index (χ1v) is 12.2. The number of halogens is 1. The van der Waals surface area contributed by atoms with Crippen molar-refractivity contribution in [3.63, 3.8) is 0 Å². The summed E-state index contributed by atoms with van der Waals surface area (Å²) >= 11 is 4.90. The van der Waals surface area contributed by atoms with Crippen molar-refractivity contribution in [1.29, 1.82) is 0 Å². The first-order valence-electron chi connectivity index (χ1n) is 10.5. The van der Waals surface area contributed by atoms with E-state index in [0.29, 0.717) is 17.9 Å². The van der Waals surface area contributed by atoms with E-state index in [9.17, 15) is 9.90 Å². The number of carbonyl (C=O) groups excluding carboxylic acids is 1. The second-order valence-corrected chi connectivity index (χ2v) is 9.30. The van der Waals surface area contributed by atoms with Crippen molar-refractivity contribution in [2.75, 3.05) is 32.8 Å². The van der Waals surface area contributed by atoms with Crippen LogP contribution in [0.25, 0.3) is 0 Å². The lowest BCUT2D eigenvalue weighted by atomic mass is 10.2. The molecule has 1 aromatic heterocycles. The van der Waals surface area contributed by atoms with E-state index < -0.39 is 0 Å². The first kappa shape index (κ1) is 22.5. The number of hydrogen-bond donors (Lipinski definition) is 1. The molecule has 2 aromatic carbocycles. The first-order chi connectivity index (χ1) is 15.5. The molecular weight excluding hydrogens is 490 g/mol. The van der Waals surface area contributed by atoms with Gasteiger partial charge in [-0.1, -0.05) is 27.7 Å². The van der Waals surface area contributed by atoms with E-state index in [1.807, 2.05) is 41.5 Å². The van der Waals surface area contributed by atoms with Crippen LogP contribution in [0.15, 0.2) is 63.4 Å². The maximum atomic E-state index is 12.5. The number of carbonyl (C=O) groups is 1. The fraction of sp³-hybridized carbons (Fsp3) is 0.250.